The van der Waals surface area contributed by atoms with Crippen LogP contribution in [-0.2, 0) is 23.1 Å². The summed E-state index contributed by atoms with van der Waals surface area (Å²) < 4.78 is 13.6. The molecule has 2 aromatic heterocycles. The van der Waals surface area contributed by atoms with Crippen LogP contribution in [0.15, 0.2) is 23.7 Å². The first kappa shape index (κ1) is 15.8. The number of aromatic nitrogens is 2. The molecule has 1 amide bonds. The van der Waals surface area contributed by atoms with E-state index in [1.54, 1.807) is 11.3 Å². The number of amides is 1. The summed E-state index contributed by atoms with van der Waals surface area (Å²) in [6, 6.07) is 3.86. The second-order valence-corrected chi connectivity index (χ2v) is 7.50. The van der Waals surface area contributed by atoms with Gasteiger partial charge >= 0.3 is 0 Å². The molecule has 4 heterocycles. The number of carbonyl (C=O) groups is 1. The predicted octanol–water partition coefficient (Wildman–Crippen LogP) is 1.85. The van der Waals surface area contributed by atoms with Gasteiger partial charge in [-0.15, -0.1) is 11.3 Å². The molecule has 4 rings (SSSR count). The molecule has 2 aliphatic rings. The van der Waals surface area contributed by atoms with E-state index in [9.17, 15) is 4.79 Å². The van der Waals surface area contributed by atoms with E-state index in [2.05, 4.69) is 4.98 Å². The standard InChI is InChI=1S/C17H21N3O3S/c1-11-18-12(10-24-11)7-23-16-6-20(15-9-22-8-13(15)16)17(21)14-4-3-5-19(14)2/h3-5,10,13,15-16H,6-9H2,1-2H3/t13-,15+,16-/m1/s1. The maximum absolute atomic E-state index is 12.9. The summed E-state index contributed by atoms with van der Waals surface area (Å²) in [6.45, 7) is 4.35. The quantitative estimate of drug-likeness (QED) is 0.847. The summed E-state index contributed by atoms with van der Waals surface area (Å²) >= 11 is 1.63. The molecule has 6 nitrogen and oxygen atoms in total. The van der Waals surface area contributed by atoms with Gasteiger partial charge in [0.25, 0.3) is 5.91 Å². The molecule has 2 aromatic rings. The van der Waals surface area contributed by atoms with Crippen molar-refractivity contribution >= 4 is 17.2 Å². The molecule has 2 saturated heterocycles. The smallest absolute Gasteiger partial charge is 0.270 e. The highest BCUT2D eigenvalue weighted by atomic mass is 32.1. The zero-order valence-electron chi connectivity index (χ0n) is 13.8. The summed E-state index contributed by atoms with van der Waals surface area (Å²) in [4.78, 5) is 19.2. The molecular formula is C17H21N3O3S. The van der Waals surface area contributed by atoms with Crippen LogP contribution in [-0.4, -0.2) is 52.3 Å². The van der Waals surface area contributed by atoms with Crippen molar-refractivity contribution in [3.63, 3.8) is 0 Å². The highest BCUT2D eigenvalue weighted by Gasteiger charge is 2.48. The van der Waals surface area contributed by atoms with Gasteiger partial charge in [0, 0.05) is 31.1 Å². The van der Waals surface area contributed by atoms with Crippen LogP contribution in [0.2, 0.25) is 0 Å². The Balaban J connectivity index is 1.47. The van der Waals surface area contributed by atoms with Gasteiger partial charge in [-0.1, -0.05) is 0 Å². The summed E-state index contributed by atoms with van der Waals surface area (Å²) in [5, 5.41) is 3.07. The third kappa shape index (κ3) is 2.76. The topological polar surface area (TPSA) is 56.6 Å². The fourth-order valence-corrected chi connectivity index (χ4v) is 4.20. The van der Waals surface area contributed by atoms with Gasteiger partial charge in [-0.05, 0) is 19.1 Å². The molecule has 0 N–H and O–H groups in total. The molecule has 0 bridgehead atoms. The molecular weight excluding hydrogens is 326 g/mol. The lowest BCUT2D eigenvalue weighted by Gasteiger charge is -2.22. The average Bonchev–Trinajstić information content (AvgIpc) is 3.29. The molecule has 0 radical (unpaired) electrons. The van der Waals surface area contributed by atoms with Crippen molar-refractivity contribution in [1.29, 1.82) is 0 Å². The summed E-state index contributed by atoms with van der Waals surface area (Å²) in [5.41, 5.74) is 1.66. The fraction of sp³-hybridized carbons (Fsp3) is 0.529. The van der Waals surface area contributed by atoms with Crippen molar-refractivity contribution in [2.24, 2.45) is 13.0 Å². The minimum atomic E-state index is 0.00345. The SMILES string of the molecule is Cc1nc(CO[C@@H]2CN(C(=O)c3cccn3C)[C@H]3COC[C@@H]23)cs1. The van der Waals surface area contributed by atoms with E-state index in [4.69, 9.17) is 9.47 Å². The zero-order chi connectivity index (χ0) is 16.7. The lowest BCUT2D eigenvalue weighted by atomic mass is 10.0. The molecule has 0 spiro atoms. The van der Waals surface area contributed by atoms with Crippen molar-refractivity contribution in [3.05, 3.63) is 40.1 Å². The Bertz CT molecular complexity index is 741. The lowest BCUT2D eigenvalue weighted by molar-refractivity contribution is 0.00808. The van der Waals surface area contributed by atoms with E-state index in [1.165, 1.54) is 0 Å². The first-order valence-electron chi connectivity index (χ1n) is 8.16. The van der Waals surface area contributed by atoms with Gasteiger partial charge in [0.1, 0.15) is 5.69 Å². The Morgan fingerprint density at radius 3 is 3.08 bits per heavy atom. The molecule has 3 atom stereocenters. The van der Waals surface area contributed by atoms with E-state index >= 15 is 0 Å². The third-order valence-corrected chi connectivity index (χ3v) is 5.71. The first-order valence-corrected chi connectivity index (χ1v) is 9.04. The van der Waals surface area contributed by atoms with Crippen molar-refractivity contribution in [2.45, 2.75) is 25.7 Å². The van der Waals surface area contributed by atoms with Crippen LogP contribution in [0.5, 0.6) is 0 Å². The van der Waals surface area contributed by atoms with Crippen LogP contribution in [0.25, 0.3) is 0 Å². The van der Waals surface area contributed by atoms with Crippen LogP contribution in [0.1, 0.15) is 21.2 Å². The van der Waals surface area contributed by atoms with E-state index in [-0.39, 0.29) is 24.0 Å². The van der Waals surface area contributed by atoms with E-state index in [0.29, 0.717) is 32.1 Å². The molecule has 0 aromatic carbocycles. The Kier molecular flexibility index (Phi) is 4.15. The molecule has 24 heavy (non-hydrogen) atoms. The van der Waals surface area contributed by atoms with Crippen molar-refractivity contribution < 1.29 is 14.3 Å². The van der Waals surface area contributed by atoms with Gasteiger partial charge in [-0.2, -0.15) is 0 Å². The number of hydrogen-bond donors (Lipinski definition) is 0. The Morgan fingerprint density at radius 1 is 1.50 bits per heavy atom. The molecule has 2 fully saturated rings. The van der Waals surface area contributed by atoms with E-state index in [0.717, 1.165) is 10.7 Å². The van der Waals surface area contributed by atoms with E-state index < -0.39 is 0 Å². The van der Waals surface area contributed by atoms with Gasteiger partial charge < -0.3 is 18.9 Å². The van der Waals surface area contributed by atoms with Crippen molar-refractivity contribution in [1.82, 2.24) is 14.5 Å². The molecule has 0 unspecified atom stereocenters. The fourth-order valence-electron chi connectivity index (χ4n) is 3.61. The maximum atomic E-state index is 12.9. The highest BCUT2D eigenvalue weighted by molar-refractivity contribution is 7.09. The van der Waals surface area contributed by atoms with Gasteiger partial charge in [-0.25, -0.2) is 4.98 Å². The minimum Gasteiger partial charge on any atom is -0.379 e. The number of nitrogens with zero attached hydrogens (tertiary/aromatic N) is 3. The number of carbonyl (C=O) groups excluding carboxylic acids is 1. The Morgan fingerprint density at radius 2 is 2.38 bits per heavy atom. The van der Waals surface area contributed by atoms with Crippen molar-refractivity contribution in [2.75, 3.05) is 19.8 Å². The monoisotopic (exact) mass is 347 g/mol. The largest absolute Gasteiger partial charge is 0.379 e. The number of fused-ring (bicyclic) bond motifs is 1. The zero-order valence-corrected chi connectivity index (χ0v) is 14.7. The minimum absolute atomic E-state index is 0.00345. The van der Waals surface area contributed by atoms with Crippen LogP contribution >= 0.6 is 11.3 Å². The number of aryl methyl sites for hydroxylation is 2. The third-order valence-electron chi connectivity index (χ3n) is 4.88. The van der Waals surface area contributed by atoms with Gasteiger partial charge in [0.2, 0.25) is 0 Å². The molecule has 2 aliphatic heterocycles. The number of likely N-dealkylation sites (tertiary alicyclic amines) is 1. The summed E-state index contributed by atoms with van der Waals surface area (Å²) in [6.07, 6.45) is 1.90. The van der Waals surface area contributed by atoms with E-state index in [1.807, 2.05) is 47.1 Å². The average molecular weight is 347 g/mol. The molecule has 128 valence electrons. The van der Waals surface area contributed by atoms with Crippen LogP contribution in [0, 0.1) is 12.8 Å². The number of ether oxygens (including phenoxy) is 2. The first-order chi connectivity index (χ1) is 11.6. The lowest BCUT2D eigenvalue weighted by Crippen LogP contribution is -2.38. The Hall–Kier alpha value is -1.70. The molecule has 0 aliphatic carbocycles. The normalized spacial score (nSPS) is 26.1. The number of thiazole rings is 1. The summed E-state index contributed by atoms with van der Waals surface area (Å²) in [5.74, 6) is 0.299. The van der Waals surface area contributed by atoms with Crippen molar-refractivity contribution in [3.8, 4) is 0 Å². The predicted molar refractivity (Wildman–Crippen MR) is 90.0 cm³/mol. The van der Waals surface area contributed by atoms with Gasteiger partial charge in [-0.3, -0.25) is 4.79 Å². The number of rotatable bonds is 4. The van der Waals surface area contributed by atoms with Crippen LogP contribution < -0.4 is 0 Å². The summed E-state index contributed by atoms with van der Waals surface area (Å²) in [7, 11) is 1.89. The second-order valence-electron chi connectivity index (χ2n) is 6.44. The van der Waals surface area contributed by atoms with Gasteiger partial charge in [0.05, 0.1) is 42.7 Å². The highest BCUT2D eigenvalue weighted by Crippen LogP contribution is 2.33. The number of hydrogen-bond acceptors (Lipinski definition) is 5. The van der Waals surface area contributed by atoms with Gasteiger partial charge in [0.15, 0.2) is 0 Å². The second kappa shape index (κ2) is 6.31. The maximum Gasteiger partial charge on any atom is 0.270 e. The molecule has 0 saturated carbocycles. The van der Waals surface area contributed by atoms with Crippen LogP contribution in [0.3, 0.4) is 0 Å². The molecule has 7 heteroatoms. The van der Waals surface area contributed by atoms with Crippen LogP contribution in [0.4, 0.5) is 0 Å². The Labute approximate surface area is 145 Å².